The number of hydrogen-bond donors (Lipinski definition) is 0. The number of Topliss-reactive ketones (excluding diaryl/α,β-unsaturated/α-hetero) is 2. The van der Waals surface area contributed by atoms with E-state index in [4.69, 9.17) is 0 Å². The number of hydrogen-bond acceptors (Lipinski definition) is 10. The molecule has 0 amide bonds. The summed E-state index contributed by atoms with van der Waals surface area (Å²) in [6.45, 7) is 4.14. The number of thiophene rings is 2. The van der Waals surface area contributed by atoms with Gasteiger partial charge in [-0.05, 0) is 93.7 Å². The molecule has 3 aliphatic carbocycles. The summed E-state index contributed by atoms with van der Waals surface area (Å²) in [6.07, 6.45) is 0. The summed E-state index contributed by atoms with van der Waals surface area (Å²) in [7, 11) is 0. The molecular formula is C43H16F4N6O2S2. The van der Waals surface area contributed by atoms with E-state index >= 15 is 0 Å². The highest BCUT2D eigenvalue weighted by molar-refractivity contribution is 7.23. The highest BCUT2D eigenvalue weighted by Crippen LogP contribution is 2.53. The van der Waals surface area contributed by atoms with Gasteiger partial charge in [0.1, 0.15) is 56.8 Å². The van der Waals surface area contributed by atoms with Gasteiger partial charge < -0.3 is 0 Å². The highest BCUT2D eigenvalue weighted by Gasteiger charge is 2.39. The molecule has 8 nitrogen and oxygen atoms in total. The molecule has 2 heterocycles. The van der Waals surface area contributed by atoms with Crippen LogP contribution < -0.4 is 0 Å². The molecule has 0 atom stereocenters. The van der Waals surface area contributed by atoms with Crippen molar-refractivity contribution < 1.29 is 27.2 Å². The summed E-state index contributed by atoms with van der Waals surface area (Å²) in [5.74, 6) is -6.45. The van der Waals surface area contributed by atoms with Crippen molar-refractivity contribution in [2.24, 2.45) is 9.98 Å². The second-order valence-electron chi connectivity index (χ2n) is 13.8. The Morgan fingerprint density at radius 1 is 0.526 bits per heavy atom. The Hall–Kier alpha value is -7.36. The fourth-order valence-corrected chi connectivity index (χ4v) is 9.64. The number of aliphatic imine (C=N–C) groups is 2. The first-order valence-electron chi connectivity index (χ1n) is 16.8. The molecule has 0 aliphatic heterocycles. The van der Waals surface area contributed by atoms with Crippen molar-refractivity contribution in [3.63, 3.8) is 0 Å². The second-order valence-corrected chi connectivity index (χ2v) is 15.9. The molecule has 0 spiro atoms. The lowest BCUT2D eigenvalue weighted by atomic mass is 9.82. The number of nitriles is 4. The lowest BCUT2D eigenvalue weighted by molar-refractivity contribution is 0.106. The first kappa shape index (κ1) is 35.3. The summed E-state index contributed by atoms with van der Waals surface area (Å²) in [4.78, 5) is 36.0. The van der Waals surface area contributed by atoms with Gasteiger partial charge >= 0.3 is 0 Å². The number of benzene rings is 4. The third-order valence-electron chi connectivity index (χ3n) is 10.4. The molecule has 270 valence electrons. The molecule has 0 fully saturated rings. The SMILES string of the molecule is CC1(C)c2cc3cc(N=C4C(=O)c5cc(F)c(F)cc5C4=C(C#N)C#N)sc3cc2-c2cc3sc(N=C4C(=O)c5cc(F)c(F)cc5C4=C(C#N)C#N)cc3cc21. The molecular weight excluding hydrogens is 773 g/mol. The molecule has 0 radical (unpaired) electrons. The number of rotatable bonds is 2. The van der Waals surface area contributed by atoms with Gasteiger partial charge in [-0.15, -0.1) is 22.7 Å². The summed E-state index contributed by atoms with van der Waals surface area (Å²) >= 11 is 2.50. The Morgan fingerprint density at radius 3 is 1.23 bits per heavy atom. The number of carbonyl (C=O) groups excluding carboxylic acids is 2. The maximum absolute atomic E-state index is 14.3. The topological polar surface area (TPSA) is 154 Å². The van der Waals surface area contributed by atoms with Gasteiger partial charge in [0.05, 0.1) is 0 Å². The van der Waals surface area contributed by atoms with E-state index in [9.17, 15) is 48.2 Å². The molecule has 14 heteroatoms. The van der Waals surface area contributed by atoms with E-state index in [1.165, 1.54) is 22.7 Å². The van der Waals surface area contributed by atoms with Crippen LogP contribution in [-0.4, -0.2) is 23.0 Å². The van der Waals surface area contributed by atoms with Crippen LogP contribution in [-0.2, 0) is 5.41 Å². The standard InChI is InChI=1S/C43H16F4N6O2S2/c1-43(2)27-3-17-5-35(52-39-37(19(13-48)14-49)23-7-29(44)31(46)9-25(23)41(39)54)56-33(17)11-21(27)22-12-34-18(4-28(22)43)6-36(57-34)53-40-38(20(15-50)16-51)24-8-30(45)32(47)10-26(24)42(40)55/h3-12H,1-2H3. The molecule has 0 bridgehead atoms. The summed E-state index contributed by atoms with van der Waals surface area (Å²) in [5.41, 5.74) is 1.05. The first-order chi connectivity index (χ1) is 27.3. The van der Waals surface area contributed by atoms with E-state index in [2.05, 4.69) is 23.8 Å². The zero-order valence-corrected chi connectivity index (χ0v) is 30.7. The highest BCUT2D eigenvalue weighted by atomic mass is 32.1. The fraction of sp³-hybridized carbons (Fsp3) is 0.0698. The predicted octanol–water partition coefficient (Wildman–Crippen LogP) is 10.5. The van der Waals surface area contributed by atoms with Crippen LogP contribution in [0.1, 0.15) is 56.8 Å². The van der Waals surface area contributed by atoms with Gasteiger partial charge in [0.2, 0.25) is 11.6 Å². The van der Waals surface area contributed by atoms with E-state index < -0.39 is 51.4 Å². The van der Waals surface area contributed by atoms with Crippen LogP contribution in [0.15, 0.2) is 81.8 Å². The van der Waals surface area contributed by atoms with Crippen molar-refractivity contribution in [3.05, 3.63) is 128 Å². The monoisotopic (exact) mass is 788 g/mol. The molecule has 0 unspecified atom stereocenters. The molecule has 9 rings (SSSR count). The average Bonchev–Trinajstić information content (AvgIpc) is 3.95. The molecule has 57 heavy (non-hydrogen) atoms. The lowest BCUT2D eigenvalue weighted by Crippen LogP contribution is -2.14. The quantitative estimate of drug-likeness (QED) is 0.126. The van der Waals surface area contributed by atoms with Gasteiger partial charge in [0.15, 0.2) is 23.3 Å². The zero-order chi connectivity index (χ0) is 40.2. The minimum atomic E-state index is -1.25. The third kappa shape index (κ3) is 5.06. The summed E-state index contributed by atoms with van der Waals surface area (Å²) < 4.78 is 58.5. The second kappa shape index (κ2) is 12.3. The fourth-order valence-electron chi connectivity index (χ4n) is 7.71. The third-order valence-corrected chi connectivity index (χ3v) is 12.4. The van der Waals surface area contributed by atoms with E-state index in [0.717, 1.165) is 66.7 Å². The number of fused-ring (bicyclic) bond motifs is 7. The normalized spacial score (nSPS) is 16.0. The van der Waals surface area contributed by atoms with E-state index in [0.29, 0.717) is 10.0 Å². The van der Waals surface area contributed by atoms with Crippen LogP contribution in [0.4, 0.5) is 27.6 Å². The van der Waals surface area contributed by atoms with Gasteiger partial charge in [-0.3, -0.25) is 9.59 Å². The number of ketones is 2. The van der Waals surface area contributed by atoms with Crippen LogP contribution in [0.2, 0.25) is 0 Å². The number of carbonyl (C=O) groups is 2. The minimum Gasteiger partial charge on any atom is -0.287 e. The number of halogens is 4. The van der Waals surface area contributed by atoms with Crippen LogP contribution in [0, 0.1) is 68.6 Å². The predicted molar refractivity (Wildman–Crippen MR) is 207 cm³/mol. The molecule has 6 aromatic rings. The van der Waals surface area contributed by atoms with Crippen molar-refractivity contribution in [2.45, 2.75) is 19.3 Å². The van der Waals surface area contributed by atoms with Gasteiger partial charge in [0.25, 0.3) is 0 Å². The molecule has 2 aromatic heterocycles. The molecule has 0 N–H and O–H groups in total. The largest absolute Gasteiger partial charge is 0.287 e. The lowest BCUT2D eigenvalue weighted by Gasteiger charge is -2.21. The van der Waals surface area contributed by atoms with Gasteiger partial charge in [-0.25, -0.2) is 27.5 Å². The Kier molecular flexibility index (Phi) is 7.64. The van der Waals surface area contributed by atoms with E-state index in [1.807, 2.05) is 24.3 Å². The summed E-state index contributed by atoms with van der Waals surface area (Å²) in [5, 5.41) is 41.0. The van der Waals surface area contributed by atoms with Gasteiger partial charge in [-0.1, -0.05) is 13.8 Å². The molecule has 4 aromatic carbocycles. The molecule has 3 aliphatic rings. The number of nitrogens with zero attached hydrogens (tertiary/aromatic N) is 6. The first-order valence-corrected chi connectivity index (χ1v) is 18.4. The maximum atomic E-state index is 14.3. The van der Waals surface area contributed by atoms with Crippen LogP contribution >= 0.6 is 22.7 Å². The van der Waals surface area contributed by atoms with Crippen LogP contribution in [0.3, 0.4) is 0 Å². The van der Waals surface area contributed by atoms with Crippen molar-refractivity contribution >= 4 is 87.0 Å². The smallest absolute Gasteiger partial charge is 0.212 e. The maximum Gasteiger partial charge on any atom is 0.212 e. The molecule has 0 saturated heterocycles. The Balaban J connectivity index is 1.14. The minimum absolute atomic E-state index is 0.0830. The van der Waals surface area contributed by atoms with Crippen molar-refractivity contribution in [1.29, 1.82) is 21.0 Å². The van der Waals surface area contributed by atoms with Crippen LogP contribution in [0.25, 0.3) is 42.4 Å². The van der Waals surface area contributed by atoms with Gasteiger partial charge in [-0.2, -0.15) is 21.0 Å². The Labute approximate surface area is 327 Å². The van der Waals surface area contributed by atoms with Crippen molar-refractivity contribution in [2.75, 3.05) is 0 Å². The van der Waals surface area contributed by atoms with Crippen molar-refractivity contribution in [3.8, 4) is 35.4 Å². The molecule has 0 saturated carbocycles. The van der Waals surface area contributed by atoms with E-state index in [-0.39, 0.29) is 44.8 Å². The Morgan fingerprint density at radius 2 is 0.877 bits per heavy atom. The van der Waals surface area contributed by atoms with Gasteiger partial charge in [0, 0.05) is 48.2 Å². The van der Waals surface area contributed by atoms with Crippen molar-refractivity contribution in [1.82, 2.24) is 0 Å². The van der Waals surface area contributed by atoms with Crippen LogP contribution in [0.5, 0.6) is 0 Å². The number of allylic oxidation sites excluding steroid dienone is 4. The average molecular weight is 789 g/mol. The van der Waals surface area contributed by atoms with E-state index in [1.54, 1.807) is 36.4 Å². The summed E-state index contributed by atoms with van der Waals surface area (Å²) in [6, 6.07) is 21.6. The Bertz CT molecular complexity index is 3050. The zero-order valence-electron chi connectivity index (χ0n) is 29.1.